The lowest BCUT2D eigenvalue weighted by Crippen LogP contribution is -2.40. The molecule has 3 aromatic carbocycles. The van der Waals surface area contributed by atoms with Crippen molar-refractivity contribution >= 4 is 38.4 Å². The van der Waals surface area contributed by atoms with Gasteiger partial charge < -0.3 is 15.0 Å². The van der Waals surface area contributed by atoms with Gasteiger partial charge in [0.05, 0.1) is 12.2 Å². The summed E-state index contributed by atoms with van der Waals surface area (Å²) in [4.78, 5) is 18.4. The number of rotatable bonds is 3. The first kappa shape index (κ1) is 17.2. The molecule has 1 amide bonds. The van der Waals surface area contributed by atoms with Gasteiger partial charge in [0.2, 0.25) is 0 Å². The molecule has 5 rings (SSSR count). The van der Waals surface area contributed by atoms with Gasteiger partial charge in [-0.15, -0.1) is 0 Å². The molecule has 5 heteroatoms. The lowest BCUT2D eigenvalue weighted by Gasteiger charge is -2.23. The minimum Gasteiger partial charge on any atom is -0.372 e. The van der Waals surface area contributed by atoms with Crippen LogP contribution in [0.5, 0.6) is 0 Å². The summed E-state index contributed by atoms with van der Waals surface area (Å²) >= 11 is 3.44. The van der Waals surface area contributed by atoms with Crippen LogP contribution in [0.4, 0.5) is 5.69 Å². The number of carbonyl (C=O) groups excluding carboxylic acids is 1. The number of halogens is 1. The van der Waals surface area contributed by atoms with Crippen LogP contribution in [-0.2, 0) is 16.9 Å². The number of carbonyl (C=O) groups is 1. The summed E-state index contributed by atoms with van der Waals surface area (Å²) < 4.78 is 0.986. The van der Waals surface area contributed by atoms with E-state index < -0.39 is 5.60 Å². The molecule has 1 unspecified atom stereocenters. The molecule has 0 fully saturated rings. The number of nitrogens with one attached hydrogen (secondary N) is 1. The lowest BCUT2D eigenvalue weighted by molar-refractivity contribution is -0.132. The average Bonchev–Trinajstić information content (AvgIpc) is 3.24. The Bertz CT molecular complexity index is 1200. The summed E-state index contributed by atoms with van der Waals surface area (Å²) in [6.45, 7) is 0.397. The van der Waals surface area contributed by atoms with E-state index >= 15 is 0 Å². The predicted octanol–water partition coefficient (Wildman–Crippen LogP) is 4.71. The summed E-state index contributed by atoms with van der Waals surface area (Å²) in [5.74, 6) is -0.332. The van der Waals surface area contributed by atoms with Crippen molar-refractivity contribution in [2.45, 2.75) is 12.1 Å². The average molecular weight is 433 g/mol. The maximum atomic E-state index is 13.6. The fourth-order valence-corrected chi connectivity index (χ4v) is 4.26. The fraction of sp³-hybridized carbons (Fsp3) is 0.0870. The van der Waals surface area contributed by atoms with Gasteiger partial charge in [0.15, 0.2) is 5.60 Å². The van der Waals surface area contributed by atoms with Gasteiger partial charge in [-0.05, 0) is 29.8 Å². The van der Waals surface area contributed by atoms with Crippen molar-refractivity contribution in [2.24, 2.45) is 0 Å². The van der Waals surface area contributed by atoms with Crippen LogP contribution in [0.1, 0.15) is 16.7 Å². The zero-order chi connectivity index (χ0) is 19.3. The predicted molar refractivity (Wildman–Crippen MR) is 113 cm³/mol. The number of amides is 1. The Morgan fingerprint density at radius 2 is 1.64 bits per heavy atom. The topological polar surface area (TPSA) is 56.3 Å². The molecule has 1 atom stereocenters. The number of hydrogen-bond acceptors (Lipinski definition) is 2. The normalized spacial score (nSPS) is 18.6. The van der Waals surface area contributed by atoms with Gasteiger partial charge >= 0.3 is 0 Å². The molecule has 2 N–H and O–H groups in total. The van der Waals surface area contributed by atoms with E-state index in [1.807, 2.05) is 72.8 Å². The van der Waals surface area contributed by atoms with Gasteiger partial charge in [-0.1, -0.05) is 64.5 Å². The lowest BCUT2D eigenvalue weighted by atomic mass is 9.87. The SMILES string of the molecule is O=C1N(Cc2ccc(Br)cc2)c2ccccc2C1(O)c1c[nH]c2ccccc12. The van der Waals surface area contributed by atoms with Crippen LogP contribution in [0.2, 0.25) is 0 Å². The second kappa shape index (κ2) is 6.33. The number of nitrogens with zero attached hydrogens (tertiary/aromatic N) is 1. The molecular formula is C23H17BrN2O2. The van der Waals surface area contributed by atoms with Crippen LogP contribution in [0.3, 0.4) is 0 Å². The van der Waals surface area contributed by atoms with Crippen molar-refractivity contribution in [1.29, 1.82) is 0 Å². The summed E-state index contributed by atoms with van der Waals surface area (Å²) in [5.41, 5.74) is 2.10. The second-order valence-electron chi connectivity index (χ2n) is 6.99. The highest BCUT2D eigenvalue weighted by molar-refractivity contribution is 9.10. The first-order valence-electron chi connectivity index (χ1n) is 9.04. The van der Waals surface area contributed by atoms with Crippen molar-refractivity contribution in [3.05, 3.63) is 100 Å². The summed E-state index contributed by atoms with van der Waals surface area (Å²) in [5, 5.41) is 12.6. The Kier molecular flexibility index (Phi) is 3.89. The molecule has 4 aromatic rings. The third-order valence-electron chi connectivity index (χ3n) is 5.37. The number of benzene rings is 3. The molecule has 1 aliphatic heterocycles. The van der Waals surface area contributed by atoms with Crippen molar-refractivity contribution in [2.75, 3.05) is 4.90 Å². The largest absolute Gasteiger partial charge is 0.372 e. The number of para-hydroxylation sites is 2. The maximum Gasteiger partial charge on any atom is 0.268 e. The van der Waals surface area contributed by atoms with Crippen LogP contribution in [0, 0.1) is 0 Å². The van der Waals surface area contributed by atoms with Crippen LogP contribution >= 0.6 is 15.9 Å². The highest BCUT2D eigenvalue weighted by Gasteiger charge is 2.51. The third-order valence-corrected chi connectivity index (χ3v) is 5.90. The zero-order valence-electron chi connectivity index (χ0n) is 14.9. The molecular weight excluding hydrogens is 416 g/mol. The monoisotopic (exact) mass is 432 g/mol. The number of aliphatic hydroxyl groups is 1. The molecule has 2 heterocycles. The Hall–Kier alpha value is -2.89. The van der Waals surface area contributed by atoms with E-state index in [2.05, 4.69) is 20.9 Å². The van der Waals surface area contributed by atoms with E-state index in [1.165, 1.54) is 0 Å². The van der Waals surface area contributed by atoms with E-state index in [4.69, 9.17) is 0 Å². The molecule has 0 spiro atoms. The number of anilines is 1. The van der Waals surface area contributed by atoms with Gasteiger partial charge in [0, 0.05) is 32.7 Å². The molecule has 0 saturated heterocycles. The van der Waals surface area contributed by atoms with Gasteiger partial charge in [0.25, 0.3) is 5.91 Å². The summed E-state index contributed by atoms with van der Waals surface area (Å²) in [6.07, 6.45) is 1.74. The molecule has 138 valence electrons. The molecule has 0 radical (unpaired) electrons. The molecule has 1 aliphatic rings. The Morgan fingerprint density at radius 1 is 0.929 bits per heavy atom. The molecule has 0 bridgehead atoms. The van der Waals surface area contributed by atoms with Gasteiger partial charge in [-0.25, -0.2) is 0 Å². The fourth-order valence-electron chi connectivity index (χ4n) is 4.00. The Labute approximate surface area is 170 Å². The number of aromatic nitrogens is 1. The number of hydrogen-bond donors (Lipinski definition) is 2. The quantitative estimate of drug-likeness (QED) is 0.492. The van der Waals surface area contributed by atoms with Crippen LogP contribution in [-0.4, -0.2) is 16.0 Å². The van der Waals surface area contributed by atoms with E-state index in [0.29, 0.717) is 17.7 Å². The standard InChI is InChI=1S/C23H17BrN2O2/c24-16-11-9-15(10-12-16)14-26-21-8-4-2-6-18(21)23(28,22(26)27)19-13-25-20-7-3-1-5-17(19)20/h1-13,25,28H,14H2. The summed E-state index contributed by atoms with van der Waals surface area (Å²) in [7, 11) is 0. The van der Waals surface area contributed by atoms with Gasteiger partial charge in [-0.3, -0.25) is 4.79 Å². The van der Waals surface area contributed by atoms with Gasteiger partial charge in [0.1, 0.15) is 0 Å². The highest BCUT2D eigenvalue weighted by atomic mass is 79.9. The molecule has 0 aliphatic carbocycles. The Morgan fingerprint density at radius 3 is 2.46 bits per heavy atom. The minimum absolute atomic E-state index is 0.332. The molecule has 28 heavy (non-hydrogen) atoms. The van der Waals surface area contributed by atoms with E-state index in [1.54, 1.807) is 11.1 Å². The first-order chi connectivity index (χ1) is 13.6. The zero-order valence-corrected chi connectivity index (χ0v) is 16.5. The second-order valence-corrected chi connectivity index (χ2v) is 7.91. The van der Waals surface area contributed by atoms with E-state index in [9.17, 15) is 9.90 Å². The van der Waals surface area contributed by atoms with Crippen molar-refractivity contribution in [3.8, 4) is 0 Å². The van der Waals surface area contributed by atoms with E-state index in [-0.39, 0.29) is 5.91 Å². The molecule has 4 nitrogen and oxygen atoms in total. The van der Waals surface area contributed by atoms with Crippen molar-refractivity contribution < 1.29 is 9.90 Å². The minimum atomic E-state index is -1.72. The summed E-state index contributed by atoms with van der Waals surface area (Å²) in [6, 6.07) is 23.0. The van der Waals surface area contributed by atoms with Crippen LogP contribution in [0.15, 0.2) is 83.5 Å². The smallest absolute Gasteiger partial charge is 0.268 e. The van der Waals surface area contributed by atoms with Gasteiger partial charge in [-0.2, -0.15) is 0 Å². The van der Waals surface area contributed by atoms with Crippen molar-refractivity contribution in [3.63, 3.8) is 0 Å². The maximum absolute atomic E-state index is 13.6. The van der Waals surface area contributed by atoms with E-state index in [0.717, 1.165) is 26.6 Å². The highest BCUT2D eigenvalue weighted by Crippen LogP contribution is 2.46. The first-order valence-corrected chi connectivity index (χ1v) is 9.83. The number of aromatic amines is 1. The number of fused-ring (bicyclic) bond motifs is 2. The van der Waals surface area contributed by atoms with Crippen LogP contribution in [0.25, 0.3) is 10.9 Å². The molecule has 0 saturated carbocycles. The van der Waals surface area contributed by atoms with Crippen molar-refractivity contribution in [1.82, 2.24) is 4.98 Å². The number of H-pyrrole nitrogens is 1. The Balaban J connectivity index is 1.65. The third kappa shape index (κ3) is 2.44. The van der Waals surface area contributed by atoms with Crippen LogP contribution < -0.4 is 4.90 Å². The molecule has 1 aromatic heterocycles.